The van der Waals surface area contributed by atoms with E-state index in [1.54, 1.807) is 6.20 Å². The molecule has 5 nitrogen and oxygen atoms in total. The molecule has 0 aliphatic carbocycles. The molecule has 0 radical (unpaired) electrons. The standard InChI is InChI=1S/C29H27F2N3O2/c30-26-11-8-20(16-27(26)31)14-23(17-24(35)9-6-19-4-2-1-3-5-19)29(36)34-18-21-7-10-25-22(15-21)12-13-33-28(25)32/h1-5,7-8,10-13,15-16,23H,6,9,14,17-18H2,(H2,32,33)(H,34,36)/t23-/m1/s1. The van der Waals surface area contributed by atoms with Crippen molar-refractivity contribution in [2.75, 3.05) is 5.73 Å². The Kier molecular flexibility index (Phi) is 8.00. The molecular weight excluding hydrogens is 460 g/mol. The smallest absolute Gasteiger partial charge is 0.224 e. The van der Waals surface area contributed by atoms with Crippen LogP contribution in [0.2, 0.25) is 0 Å². The molecule has 1 aromatic heterocycles. The average Bonchev–Trinajstić information content (AvgIpc) is 2.88. The van der Waals surface area contributed by atoms with Gasteiger partial charge in [-0.05, 0) is 59.2 Å². The zero-order valence-corrected chi connectivity index (χ0v) is 19.7. The van der Waals surface area contributed by atoms with E-state index in [9.17, 15) is 18.4 Å². The maximum atomic E-state index is 13.8. The summed E-state index contributed by atoms with van der Waals surface area (Å²) in [6.45, 7) is 0.253. The molecular formula is C29H27F2N3O2. The van der Waals surface area contributed by atoms with Crippen molar-refractivity contribution in [2.24, 2.45) is 5.92 Å². The molecule has 0 saturated heterocycles. The van der Waals surface area contributed by atoms with Crippen LogP contribution in [0, 0.1) is 17.6 Å². The lowest BCUT2D eigenvalue weighted by atomic mass is 9.91. The van der Waals surface area contributed by atoms with Crippen LogP contribution < -0.4 is 11.1 Å². The number of anilines is 1. The van der Waals surface area contributed by atoms with Crippen molar-refractivity contribution in [2.45, 2.75) is 32.2 Å². The first kappa shape index (κ1) is 25.0. The summed E-state index contributed by atoms with van der Waals surface area (Å²) in [6, 6.07) is 20.7. The molecule has 0 unspecified atom stereocenters. The van der Waals surface area contributed by atoms with Gasteiger partial charge in [-0.15, -0.1) is 0 Å². The van der Waals surface area contributed by atoms with Crippen molar-refractivity contribution in [3.05, 3.63) is 107 Å². The highest BCUT2D eigenvalue weighted by Gasteiger charge is 2.23. The first-order valence-corrected chi connectivity index (χ1v) is 11.8. The lowest BCUT2D eigenvalue weighted by molar-refractivity contribution is -0.129. The summed E-state index contributed by atoms with van der Waals surface area (Å²) in [5.41, 5.74) is 8.27. The lowest BCUT2D eigenvalue weighted by Gasteiger charge is -2.17. The topological polar surface area (TPSA) is 85.1 Å². The van der Waals surface area contributed by atoms with Crippen molar-refractivity contribution in [3.8, 4) is 0 Å². The summed E-state index contributed by atoms with van der Waals surface area (Å²) < 4.78 is 27.2. The predicted molar refractivity (Wildman–Crippen MR) is 136 cm³/mol. The first-order chi connectivity index (χ1) is 17.4. The Balaban J connectivity index is 1.44. The lowest BCUT2D eigenvalue weighted by Crippen LogP contribution is -2.33. The van der Waals surface area contributed by atoms with Crippen molar-refractivity contribution >= 4 is 28.3 Å². The molecule has 3 aromatic carbocycles. The number of nitrogens with one attached hydrogen (secondary N) is 1. The number of amides is 1. The van der Waals surface area contributed by atoms with Crippen LogP contribution in [0.25, 0.3) is 10.8 Å². The predicted octanol–water partition coefficient (Wildman–Crippen LogP) is 5.16. The van der Waals surface area contributed by atoms with E-state index < -0.39 is 17.6 Å². The van der Waals surface area contributed by atoms with E-state index in [2.05, 4.69) is 10.3 Å². The first-order valence-electron chi connectivity index (χ1n) is 11.8. The van der Waals surface area contributed by atoms with E-state index in [-0.39, 0.29) is 31.1 Å². The number of benzene rings is 3. The molecule has 4 rings (SSSR count). The van der Waals surface area contributed by atoms with Gasteiger partial charge in [-0.1, -0.05) is 48.5 Å². The molecule has 3 N–H and O–H groups in total. The van der Waals surface area contributed by atoms with Crippen LogP contribution in [-0.2, 0) is 29.0 Å². The van der Waals surface area contributed by atoms with E-state index in [4.69, 9.17) is 5.73 Å². The Bertz CT molecular complexity index is 1380. The number of nitrogens with zero attached hydrogens (tertiary/aromatic N) is 1. The van der Waals surface area contributed by atoms with Gasteiger partial charge in [0.25, 0.3) is 0 Å². The van der Waals surface area contributed by atoms with Crippen LogP contribution in [0.3, 0.4) is 0 Å². The van der Waals surface area contributed by atoms with Crippen molar-refractivity contribution in [3.63, 3.8) is 0 Å². The third-order valence-electron chi connectivity index (χ3n) is 6.17. The number of aromatic nitrogens is 1. The molecule has 0 aliphatic rings. The second kappa shape index (κ2) is 11.5. The van der Waals surface area contributed by atoms with E-state index in [1.807, 2.05) is 54.6 Å². The number of nitrogens with two attached hydrogens (primary N) is 1. The number of pyridine rings is 1. The van der Waals surface area contributed by atoms with Gasteiger partial charge in [0.15, 0.2) is 11.6 Å². The van der Waals surface area contributed by atoms with Crippen LogP contribution in [0.1, 0.15) is 29.5 Å². The van der Waals surface area contributed by atoms with Gasteiger partial charge < -0.3 is 11.1 Å². The van der Waals surface area contributed by atoms with Gasteiger partial charge in [0.1, 0.15) is 11.6 Å². The zero-order valence-electron chi connectivity index (χ0n) is 19.7. The van der Waals surface area contributed by atoms with Gasteiger partial charge in [-0.3, -0.25) is 9.59 Å². The number of rotatable bonds is 10. The summed E-state index contributed by atoms with van der Waals surface area (Å²) in [5, 5.41) is 4.63. The van der Waals surface area contributed by atoms with E-state index >= 15 is 0 Å². The molecule has 0 aliphatic heterocycles. The van der Waals surface area contributed by atoms with E-state index in [0.29, 0.717) is 24.2 Å². The molecule has 36 heavy (non-hydrogen) atoms. The summed E-state index contributed by atoms with van der Waals surface area (Å²) in [4.78, 5) is 30.0. The number of ketones is 1. The fourth-order valence-corrected chi connectivity index (χ4v) is 4.21. The van der Waals surface area contributed by atoms with Crippen LogP contribution in [0.15, 0.2) is 79.0 Å². The second-order valence-corrected chi connectivity index (χ2v) is 8.85. The largest absolute Gasteiger partial charge is 0.383 e. The van der Waals surface area contributed by atoms with Crippen molar-refractivity contribution in [1.82, 2.24) is 10.3 Å². The number of hydrogen-bond acceptors (Lipinski definition) is 4. The van der Waals surface area contributed by atoms with Crippen LogP contribution in [0.5, 0.6) is 0 Å². The number of aryl methyl sites for hydroxylation is 1. The maximum Gasteiger partial charge on any atom is 0.224 e. The molecule has 0 fully saturated rings. The number of hydrogen-bond donors (Lipinski definition) is 2. The SMILES string of the molecule is Nc1nccc2cc(CNC(=O)[C@@H](CC(=O)CCc3ccccc3)Cc3ccc(F)c(F)c3)ccc12. The van der Waals surface area contributed by atoms with Crippen LogP contribution >= 0.6 is 0 Å². The number of Topliss-reactive ketones (excluding diaryl/α,β-unsaturated/α-hetero) is 1. The molecule has 7 heteroatoms. The fraction of sp³-hybridized carbons (Fsp3) is 0.207. The molecule has 1 atom stereocenters. The molecule has 1 heterocycles. The fourth-order valence-electron chi connectivity index (χ4n) is 4.21. The average molecular weight is 488 g/mol. The summed E-state index contributed by atoms with van der Waals surface area (Å²) in [7, 11) is 0. The number of carbonyl (C=O) groups is 2. The normalized spacial score (nSPS) is 11.8. The summed E-state index contributed by atoms with van der Waals surface area (Å²) >= 11 is 0. The quantitative estimate of drug-likeness (QED) is 0.324. The summed E-state index contributed by atoms with van der Waals surface area (Å²) in [5.74, 6) is -2.59. The number of nitrogen functional groups attached to an aromatic ring is 1. The Hall–Kier alpha value is -4.13. The van der Waals surface area contributed by atoms with Gasteiger partial charge in [-0.25, -0.2) is 13.8 Å². The Morgan fingerprint density at radius 3 is 2.44 bits per heavy atom. The molecule has 184 valence electrons. The van der Waals surface area contributed by atoms with Gasteiger partial charge in [0.05, 0.1) is 0 Å². The van der Waals surface area contributed by atoms with Gasteiger partial charge in [0.2, 0.25) is 5.91 Å². The second-order valence-electron chi connectivity index (χ2n) is 8.85. The third kappa shape index (κ3) is 6.50. The summed E-state index contributed by atoms with van der Waals surface area (Å²) in [6.07, 6.45) is 2.64. The van der Waals surface area contributed by atoms with E-state index in [0.717, 1.165) is 34.0 Å². The van der Waals surface area contributed by atoms with Crippen LogP contribution in [0.4, 0.5) is 14.6 Å². The molecule has 0 saturated carbocycles. The highest BCUT2D eigenvalue weighted by atomic mass is 19.2. The molecule has 0 spiro atoms. The number of halogens is 2. The van der Waals surface area contributed by atoms with Crippen molar-refractivity contribution < 1.29 is 18.4 Å². The highest BCUT2D eigenvalue weighted by molar-refractivity contribution is 5.91. The number of carbonyl (C=O) groups excluding carboxylic acids is 2. The minimum Gasteiger partial charge on any atom is -0.383 e. The van der Waals surface area contributed by atoms with Gasteiger partial charge in [0, 0.05) is 36.9 Å². The minimum atomic E-state index is -0.980. The third-order valence-corrected chi connectivity index (χ3v) is 6.17. The molecule has 0 bridgehead atoms. The van der Waals surface area contributed by atoms with Crippen molar-refractivity contribution in [1.29, 1.82) is 0 Å². The Morgan fingerprint density at radius 1 is 0.889 bits per heavy atom. The highest BCUT2D eigenvalue weighted by Crippen LogP contribution is 2.21. The minimum absolute atomic E-state index is 0.0115. The zero-order chi connectivity index (χ0) is 25.5. The monoisotopic (exact) mass is 487 g/mol. The maximum absolute atomic E-state index is 13.8. The van der Waals surface area contributed by atoms with Gasteiger partial charge >= 0.3 is 0 Å². The van der Waals surface area contributed by atoms with Crippen LogP contribution in [-0.4, -0.2) is 16.7 Å². The van der Waals surface area contributed by atoms with E-state index in [1.165, 1.54) is 6.07 Å². The molecule has 4 aromatic rings. The Labute approximate surface area is 208 Å². The Morgan fingerprint density at radius 2 is 1.67 bits per heavy atom. The number of fused-ring (bicyclic) bond motifs is 1. The van der Waals surface area contributed by atoms with Gasteiger partial charge in [-0.2, -0.15) is 0 Å². The molecule has 1 amide bonds.